The molecule has 0 aromatic heterocycles. The molecule has 126 valence electrons. The van der Waals surface area contributed by atoms with Gasteiger partial charge in [-0.1, -0.05) is 13.0 Å². The molecule has 1 atom stereocenters. The monoisotopic (exact) mass is 320 g/mol. The molecular formula is C18H25FN2O2. The van der Waals surface area contributed by atoms with Gasteiger partial charge in [-0.15, -0.1) is 0 Å². The normalized spacial score (nSPS) is 18.5. The molecule has 1 aliphatic heterocycles. The summed E-state index contributed by atoms with van der Waals surface area (Å²) in [6.07, 6.45) is 1.18. The summed E-state index contributed by atoms with van der Waals surface area (Å²) in [5.41, 5.74) is 1.38. The maximum absolute atomic E-state index is 13.5. The van der Waals surface area contributed by atoms with Crippen molar-refractivity contribution in [3.05, 3.63) is 29.6 Å². The van der Waals surface area contributed by atoms with Crippen LogP contribution in [0.3, 0.4) is 0 Å². The molecular weight excluding hydrogens is 295 g/mol. The van der Waals surface area contributed by atoms with Crippen LogP contribution < -0.4 is 4.90 Å². The molecule has 0 spiro atoms. The quantitative estimate of drug-likeness (QED) is 0.755. The minimum Gasteiger partial charge on any atom is -0.369 e. The number of anilines is 1. The van der Waals surface area contributed by atoms with E-state index >= 15 is 0 Å². The third-order valence-electron chi connectivity index (χ3n) is 4.41. The summed E-state index contributed by atoms with van der Waals surface area (Å²) in [4.78, 5) is 27.1. The molecule has 1 heterocycles. The summed E-state index contributed by atoms with van der Waals surface area (Å²) < 4.78 is 13.5. The van der Waals surface area contributed by atoms with Gasteiger partial charge in [0.05, 0.1) is 0 Å². The number of Topliss-reactive ketones (excluding diaryl/α,β-unsaturated/α-hetero) is 1. The van der Waals surface area contributed by atoms with Crippen molar-refractivity contribution in [2.45, 2.75) is 27.2 Å². The molecule has 0 radical (unpaired) electrons. The Balaban J connectivity index is 1.97. The van der Waals surface area contributed by atoms with E-state index in [4.69, 9.17) is 0 Å². The van der Waals surface area contributed by atoms with E-state index in [0.717, 1.165) is 43.7 Å². The van der Waals surface area contributed by atoms with Gasteiger partial charge in [0.25, 0.3) is 0 Å². The van der Waals surface area contributed by atoms with E-state index in [9.17, 15) is 14.0 Å². The van der Waals surface area contributed by atoms with E-state index in [1.165, 1.54) is 13.0 Å². The Morgan fingerprint density at radius 1 is 1.30 bits per heavy atom. The summed E-state index contributed by atoms with van der Waals surface area (Å²) in [6, 6.07) is 4.86. The highest BCUT2D eigenvalue weighted by atomic mass is 19.1. The molecule has 23 heavy (non-hydrogen) atoms. The Morgan fingerprint density at radius 3 is 2.52 bits per heavy atom. The molecule has 4 nitrogen and oxygen atoms in total. The van der Waals surface area contributed by atoms with Crippen molar-refractivity contribution in [1.29, 1.82) is 0 Å². The fourth-order valence-electron chi connectivity index (χ4n) is 3.28. The number of halogens is 1. The van der Waals surface area contributed by atoms with Crippen LogP contribution in [0.25, 0.3) is 0 Å². The van der Waals surface area contributed by atoms with Gasteiger partial charge in [-0.3, -0.25) is 9.69 Å². The predicted molar refractivity (Wildman–Crippen MR) is 89.3 cm³/mol. The summed E-state index contributed by atoms with van der Waals surface area (Å²) >= 11 is 0. The van der Waals surface area contributed by atoms with E-state index in [-0.39, 0.29) is 18.0 Å². The van der Waals surface area contributed by atoms with E-state index in [1.807, 2.05) is 13.8 Å². The third kappa shape index (κ3) is 4.61. The summed E-state index contributed by atoms with van der Waals surface area (Å²) in [7, 11) is 0. The predicted octanol–water partition coefficient (Wildman–Crippen LogP) is 2.44. The van der Waals surface area contributed by atoms with E-state index in [1.54, 1.807) is 12.1 Å². The van der Waals surface area contributed by atoms with Gasteiger partial charge in [-0.05, 0) is 31.5 Å². The van der Waals surface area contributed by atoms with Gasteiger partial charge < -0.3 is 9.69 Å². The molecule has 5 heteroatoms. The third-order valence-corrected chi connectivity index (χ3v) is 4.41. The maximum atomic E-state index is 13.5. The Labute approximate surface area is 137 Å². The molecule has 0 amide bonds. The van der Waals surface area contributed by atoms with Crippen LogP contribution in [0, 0.1) is 18.2 Å². The number of rotatable bonds is 6. The van der Waals surface area contributed by atoms with Gasteiger partial charge in [0.2, 0.25) is 0 Å². The fraction of sp³-hybridized carbons (Fsp3) is 0.556. The second kappa shape index (κ2) is 7.21. The highest BCUT2D eigenvalue weighted by Crippen LogP contribution is 2.25. The molecule has 1 aromatic rings. The van der Waals surface area contributed by atoms with Crippen LogP contribution in [-0.4, -0.2) is 49.7 Å². The van der Waals surface area contributed by atoms with Gasteiger partial charge in [0, 0.05) is 50.2 Å². The lowest BCUT2D eigenvalue weighted by atomic mass is 9.86. The molecule has 1 aromatic carbocycles. The lowest BCUT2D eigenvalue weighted by molar-refractivity contribution is -0.125. The number of hydrogen-bond donors (Lipinski definition) is 0. The van der Waals surface area contributed by atoms with Crippen LogP contribution in [0.15, 0.2) is 18.2 Å². The Kier molecular flexibility index (Phi) is 5.52. The number of piperazine rings is 1. The molecule has 0 saturated carbocycles. The van der Waals surface area contributed by atoms with Crippen LogP contribution in [-0.2, 0) is 9.59 Å². The van der Waals surface area contributed by atoms with Crippen LogP contribution >= 0.6 is 0 Å². The molecule has 2 rings (SSSR count). The zero-order valence-electron chi connectivity index (χ0n) is 14.1. The van der Waals surface area contributed by atoms with Gasteiger partial charge >= 0.3 is 0 Å². The van der Waals surface area contributed by atoms with Crippen LogP contribution in [0.4, 0.5) is 10.1 Å². The average molecular weight is 320 g/mol. The number of benzene rings is 1. The van der Waals surface area contributed by atoms with E-state index in [2.05, 4.69) is 9.80 Å². The van der Waals surface area contributed by atoms with Crippen molar-refractivity contribution < 1.29 is 14.0 Å². The molecule has 0 bridgehead atoms. The molecule has 0 aliphatic carbocycles. The lowest BCUT2D eigenvalue weighted by Crippen LogP contribution is -2.50. The Bertz CT molecular complexity index is 582. The van der Waals surface area contributed by atoms with Crippen LogP contribution in [0.5, 0.6) is 0 Å². The van der Waals surface area contributed by atoms with Crippen molar-refractivity contribution in [2.24, 2.45) is 5.41 Å². The number of nitrogens with zero attached hydrogens (tertiary/aromatic N) is 2. The highest BCUT2D eigenvalue weighted by molar-refractivity contribution is 5.80. The molecule has 1 unspecified atom stereocenters. The lowest BCUT2D eigenvalue weighted by Gasteiger charge is -2.39. The first-order valence-electron chi connectivity index (χ1n) is 8.02. The minimum atomic E-state index is -0.622. The topological polar surface area (TPSA) is 40.6 Å². The van der Waals surface area contributed by atoms with Crippen molar-refractivity contribution in [1.82, 2.24) is 4.90 Å². The Hall–Kier alpha value is -1.75. The van der Waals surface area contributed by atoms with Crippen LogP contribution in [0.2, 0.25) is 0 Å². The number of carbonyl (C=O) groups excluding carboxylic acids is 2. The zero-order valence-corrected chi connectivity index (χ0v) is 14.1. The molecule has 0 N–H and O–H groups in total. The van der Waals surface area contributed by atoms with E-state index < -0.39 is 5.41 Å². The number of ketones is 1. The first-order valence-corrected chi connectivity index (χ1v) is 8.02. The van der Waals surface area contributed by atoms with Crippen molar-refractivity contribution in [3.63, 3.8) is 0 Å². The van der Waals surface area contributed by atoms with Crippen molar-refractivity contribution >= 4 is 17.8 Å². The fourth-order valence-corrected chi connectivity index (χ4v) is 3.28. The number of hydrogen-bond acceptors (Lipinski definition) is 4. The smallest absolute Gasteiger partial charge is 0.130 e. The summed E-state index contributed by atoms with van der Waals surface area (Å²) in [5, 5.41) is 0. The number of aryl methyl sites for hydroxylation is 1. The SMILES string of the molecule is CC(=O)CC(C)(C=O)CN1CCN(c2cc(F)ccc2C)CC1. The molecule has 1 aliphatic rings. The van der Waals surface area contributed by atoms with E-state index in [0.29, 0.717) is 6.54 Å². The minimum absolute atomic E-state index is 0.0358. The summed E-state index contributed by atoms with van der Waals surface area (Å²) in [5.74, 6) is -0.184. The van der Waals surface area contributed by atoms with Crippen LogP contribution in [0.1, 0.15) is 25.8 Å². The highest BCUT2D eigenvalue weighted by Gasteiger charge is 2.30. The Morgan fingerprint density at radius 2 is 1.96 bits per heavy atom. The van der Waals surface area contributed by atoms with Crippen molar-refractivity contribution in [3.8, 4) is 0 Å². The summed E-state index contributed by atoms with van der Waals surface area (Å²) in [6.45, 7) is 9.12. The van der Waals surface area contributed by atoms with Crippen molar-refractivity contribution in [2.75, 3.05) is 37.6 Å². The maximum Gasteiger partial charge on any atom is 0.130 e. The largest absolute Gasteiger partial charge is 0.369 e. The van der Waals surface area contributed by atoms with Gasteiger partial charge in [0.1, 0.15) is 17.9 Å². The number of carbonyl (C=O) groups is 2. The standard InChI is InChI=1S/C18H25FN2O2/c1-14-4-5-16(19)10-17(14)21-8-6-20(7-9-21)12-18(3,13-22)11-15(2)23/h4-5,10,13H,6-9,11-12H2,1-3H3. The molecule has 1 saturated heterocycles. The van der Waals surface area contributed by atoms with Gasteiger partial charge in [-0.2, -0.15) is 0 Å². The second-order valence-electron chi connectivity index (χ2n) is 6.84. The first kappa shape index (κ1) is 17.6. The van der Waals surface area contributed by atoms with Gasteiger partial charge in [0.15, 0.2) is 0 Å². The first-order chi connectivity index (χ1) is 10.8. The zero-order chi connectivity index (χ0) is 17.0. The number of aldehydes is 1. The second-order valence-corrected chi connectivity index (χ2v) is 6.84. The molecule has 1 fully saturated rings. The van der Waals surface area contributed by atoms with Gasteiger partial charge in [-0.25, -0.2) is 4.39 Å². The average Bonchev–Trinajstić information content (AvgIpc) is 2.50.